The number of amides is 1. The number of aliphatic hydroxyl groups is 1. The SMILES string of the molecule is CC(C)OCC(=O)N(C)Cc1ccccc1C#CCCO. The summed E-state index contributed by atoms with van der Waals surface area (Å²) in [5.74, 6) is 5.88. The molecule has 4 heteroatoms. The highest BCUT2D eigenvalue weighted by atomic mass is 16.5. The van der Waals surface area contributed by atoms with Crippen LogP contribution in [0, 0.1) is 11.8 Å². The Labute approximate surface area is 126 Å². The second-order valence-corrected chi connectivity index (χ2v) is 5.04. The van der Waals surface area contributed by atoms with E-state index in [0.29, 0.717) is 13.0 Å². The van der Waals surface area contributed by atoms with E-state index in [-0.39, 0.29) is 25.2 Å². The molecule has 21 heavy (non-hydrogen) atoms. The Balaban J connectivity index is 2.70. The predicted molar refractivity (Wildman–Crippen MR) is 82.6 cm³/mol. The predicted octanol–water partition coefficient (Wildman–Crippen LogP) is 1.80. The van der Waals surface area contributed by atoms with Gasteiger partial charge in [-0.3, -0.25) is 4.79 Å². The van der Waals surface area contributed by atoms with E-state index in [0.717, 1.165) is 11.1 Å². The monoisotopic (exact) mass is 289 g/mol. The number of rotatable bonds is 6. The molecule has 0 saturated heterocycles. The molecule has 4 nitrogen and oxygen atoms in total. The number of nitrogens with zero attached hydrogens (tertiary/aromatic N) is 1. The molecule has 0 radical (unpaired) electrons. The second kappa shape index (κ2) is 9.17. The first-order chi connectivity index (χ1) is 10.0. The zero-order valence-electron chi connectivity index (χ0n) is 12.9. The first-order valence-electron chi connectivity index (χ1n) is 7.07. The van der Waals surface area contributed by atoms with E-state index in [4.69, 9.17) is 9.84 Å². The van der Waals surface area contributed by atoms with Crippen molar-refractivity contribution in [2.75, 3.05) is 20.3 Å². The molecule has 1 aromatic carbocycles. The molecule has 0 atom stereocenters. The van der Waals surface area contributed by atoms with Gasteiger partial charge in [0.2, 0.25) is 5.91 Å². The topological polar surface area (TPSA) is 49.8 Å². The van der Waals surface area contributed by atoms with Crippen molar-refractivity contribution in [1.82, 2.24) is 4.90 Å². The fraction of sp³-hybridized carbons (Fsp3) is 0.471. The van der Waals surface area contributed by atoms with E-state index in [1.165, 1.54) is 0 Å². The van der Waals surface area contributed by atoms with Crippen molar-refractivity contribution in [3.8, 4) is 11.8 Å². The van der Waals surface area contributed by atoms with Crippen LogP contribution in [0.15, 0.2) is 24.3 Å². The normalized spacial score (nSPS) is 10.1. The quantitative estimate of drug-likeness (QED) is 0.813. The smallest absolute Gasteiger partial charge is 0.248 e. The van der Waals surface area contributed by atoms with Crippen LogP contribution in [0.25, 0.3) is 0 Å². The lowest BCUT2D eigenvalue weighted by molar-refractivity contribution is -0.136. The molecule has 0 aliphatic rings. The lowest BCUT2D eigenvalue weighted by atomic mass is 10.1. The molecule has 1 aromatic rings. The summed E-state index contributed by atoms with van der Waals surface area (Å²) in [5, 5.41) is 8.77. The Morgan fingerprint density at radius 2 is 2.10 bits per heavy atom. The zero-order chi connectivity index (χ0) is 15.7. The summed E-state index contributed by atoms with van der Waals surface area (Å²) >= 11 is 0. The Kier molecular flexibility index (Phi) is 7.52. The molecular weight excluding hydrogens is 266 g/mol. The second-order valence-electron chi connectivity index (χ2n) is 5.04. The number of ether oxygens (including phenoxy) is 1. The lowest BCUT2D eigenvalue weighted by Crippen LogP contribution is -2.31. The summed E-state index contributed by atoms with van der Waals surface area (Å²) < 4.78 is 5.33. The molecule has 1 rings (SSSR count). The molecule has 0 heterocycles. The van der Waals surface area contributed by atoms with Crippen molar-refractivity contribution in [2.45, 2.75) is 32.9 Å². The van der Waals surface area contributed by atoms with Crippen molar-refractivity contribution >= 4 is 5.91 Å². The lowest BCUT2D eigenvalue weighted by Gasteiger charge is -2.19. The van der Waals surface area contributed by atoms with E-state index in [1.807, 2.05) is 38.1 Å². The van der Waals surface area contributed by atoms with Gasteiger partial charge < -0.3 is 14.7 Å². The van der Waals surface area contributed by atoms with Crippen LogP contribution in [0.5, 0.6) is 0 Å². The summed E-state index contributed by atoms with van der Waals surface area (Å²) in [4.78, 5) is 13.6. The number of hydrogen-bond donors (Lipinski definition) is 1. The molecule has 0 spiro atoms. The largest absolute Gasteiger partial charge is 0.395 e. The van der Waals surface area contributed by atoms with Gasteiger partial charge in [0.1, 0.15) is 6.61 Å². The molecule has 0 unspecified atom stereocenters. The Bertz CT molecular complexity index is 514. The van der Waals surface area contributed by atoms with Gasteiger partial charge in [0, 0.05) is 25.6 Å². The van der Waals surface area contributed by atoms with Crippen LogP contribution in [0.3, 0.4) is 0 Å². The van der Waals surface area contributed by atoms with Gasteiger partial charge in [0.25, 0.3) is 0 Å². The van der Waals surface area contributed by atoms with Crippen molar-refractivity contribution in [1.29, 1.82) is 0 Å². The number of carbonyl (C=O) groups is 1. The number of carbonyl (C=O) groups excluding carboxylic acids is 1. The maximum Gasteiger partial charge on any atom is 0.248 e. The third-order valence-corrected chi connectivity index (χ3v) is 2.85. The molecule has 0 fully saturated rings. The highest BCUT2D eigenvalue weighted by molar-refractivity contribution is 5.77. The minimum Gasteiger partial charge on any atom is -0.395 e. The summed E-state index contributed by atoms with van der Waals surface area (Å²) in [6.45, 7) is 4.44. The van der Waals surface area contributed by atoms with E-state index < -0.39 is 0 Å². The standard InChI is InChI=1S/C17H23NO3/c1-14(2)21-13-17(20)18(3)12-16-10-5-4-8-15(16)9-6-7-11-19/h4-5,8,10,14,19H,7,11-13H2,1-3H3. The number of hydrogen-bond acceptors (Lipinski definition) is 3. The van der Waals surface area contributed by atoms with Gasteiger partial charge in [-0.25, -0.2) is 0 Å². The van der Waals surface area contributed by atoms with Crippen LogP contribution in [-0.2, 0) is 16.1 Å². The summed E-state index contributed by atoms with van der Waals surface area (Å²) in [7, 11) is 1.75. The van der Waals surface area contributed by atoms with Crippen LogP contribution < -0.4 is 0 Å². The molecule has 0 bridgehead atoms. The van der Waals surface area contributed by atoms with Crippen molar-refractivity contribution in [2.24, 2.45) is 0 Å². The van der Waals surface area contributed by atoms with Gasteiger partial charge >= 0.3 is 0 Å². The van der Waals surface area contributed by atoms with Gasteiger partial charge in [-0.1, -0.05) is 30.0 Å². The summed E-state index contributed by atoms with van der Waals surface area (Å²) in [6, 6.07) is 7.71. The molecular formula is C17H23NO3. The zero-order valence-corrected chi connectivity index (χ0v) is 12.9. The maximum absolute atomic E-state index is 12.0. The number of likely N-dealkylation sites (N-methyl/N-ethyl adjacent to an activating group) is 1. The fourth-order valence-electron chi connectivity index (χ4n) is 1.69. The summed E-state index contributed by atoms with van der Waals surface area (Å²) in [5.41, 5.74) is 1.87. The van der Waals surface area contributed by atoms with Crippen LogP contribution in [0.2, 0.25) is 0 Å². The molecule has 0 aromatic heterocycles. The molecule has 0 saturated carbocycles. The van der Waals surface area contributed by atoms with Gasteiger partial charge in [0.15, 0.2) is 0 Å². The Morgan fingerprint density at radius 1 is 1.38 bits per heavy atom. The first-order valence-corrected chi connectivity index (χ1v) is 7.07. The van der Waals surface area contributed by atoms with Crippen molar-refractivity contribution in [3.05, 3.63) is 35.4 Å². The van der Waals surface area contributed by atoms with E-state index >= 15 is 0 Å². The average Bonchev–Trinajstić information content (AvgIpc) is 2.46. The molecule has 114 valence electrons. The summed E-state index contributed by atoms with van der Waals surface area (Å²) in [6.07, 6.45) is 0.490. The molecule has 0 aliphatic heterocycles. The van der Waals surface area contributed by atoms with Crippen LogP contribution in [-0.4, -0.2) is 42.3 Å². The minimum atomic E-state index is -0.0539. The molecule has 1 N–H and O–H groups in total. The van der Waals surface area contributed by atoms with Gasteiger partial charge in [-0.05, 0) is 25.5 Å². The van der Waals surface area contributed by atoms with Gasteiger partial charge in [-0.2, -0.15) is 0 Å². The van der Waals surface area contributed by atoms with Crippen molar-refractivity contribution < 1.29 is 14.6 Å². The molecule has 0 aliphatic carbocycles. The van der Waals surface area contributed by atoms with Crippen LogP contribution >= 0.6 is 0 Å². The van der Waals surface area contributed by atoms with Crippen LogP contribution in [0.1, 0.15) is 31.4 Å². The average molecular weight is 289 g/mol. The highest BCUT2D eigenvalue weighted by Gasteiger charge is 2.11. The fourth-order valence-corrected chi connectivity index (χ4v) is 1.69. The van der Waals surface area contributed by atoms with E-state index in [2.05, 4.69) is 11.8 Å². The van der Waals surface area contributed by atoms with E-state index in [1.54, 1.807) is 11.9 Å². The highest BCUT2D eigenvalue weighted by Crippen LogP contribution is 2.10. The third kappa shape index (κ3) is 6.44. The third-order valence-electron chi connectivity index (χ3n) is 2.85. The Morgan fingerprint density at radius 3 is 2.76 bits per heavy atom. The minimum absolute atomic E-state index is 0.0407. The first kappa shape index (κ1) is 17.2. The van der Waals surface area contributed by atoms with Crippen molar-refractivity contribution in [3.63, 3.8) is 0 Å². The number of aliphatic hydroxyl groups excluding tert-OH is 1. The van der Waals surface area contributed by atoms with Gasteiger partial charge in [-0.15, -0.1) is 0 Å². The molecule has 1 amide bonds. The van der Waals surface area contributed by atoms with Crippen LogP contribution in [0.4, 0.5) is 0 Å². The number of benzene rings is 1. The maximum atomic E-state index is 12.0. The Hall–Kier alpha value is -1.83. The van der Waals surface area contributed by atoms with Gasteiger partial charge in [0.05, 0.1) is 12.7 Å². The van der Waals surface area contributed by atoms with E-state index in [9.17, 15) is 4.79 Å².